The summed E-state index contributed by atoms with van der Waals surface area (Å²) in [5.41, 5.74) is 5.18. The van der Waals surface area contributed by atoms with E-state index in [4.69, 9.17) is 5.73 Å². The van der Waals surface area contributed by atoms with Gasteiger partial charge in [0.15, 0.2) is 0 Å². The summed E-state index contributed by atoms with van der Waals surface area (Å²) in [5.74, 6) is -0.173. The average Bonchev–Trinajstić information content (AvgIpc) is 2.16. The van der Waals surface area contributed by atoms with Crippen molar-refractivity contribution >= 4 is 5.91 Å². The zero-order valence-electron chi connectivity index (χ0n) is 9.63. The van der Waals surface area contributed by atoms with Gasteiger partial charge in [0, 0.05) is 6.54 Å². The molecule has 1 atom stereocenters. The number of rotatable bonds is 5. The van der Waals surface area contributed by atoms with Gasteiger partial charge in [-0.3, -0.25) is 4.79 Å². The summed E-state index contributed by atoms with van der Waals surface area (Å²) in [6.45, 7) is 9.79. The maximum Gasteiger partial charge on any atom is 0.221 e. The van der Waals surface area contributed by atoms with E-state index in [0.717, 1.165) is 19.5 Å². The molecule has 0 radical (unpaired) electrons. The van der Waals surface area contributed by atoms with Crippen molar-refractivity contribution in [3.8, 4) is 0 Å². The van der Waals surface area contributed by atoms with Gasteiger partial charge in [-0.2, -0.15) is 0 Å². The summed E-state index contributed by atoms with van der Waals surface area (Å²) >= 11 is 0. The van der Waals surface area contributed by atoms with Gasteiger partial charge in [0.25, 0.3) is 0 Å². The molecule has 0 aromatic rings. The molecule has 0 rings (SSSR count). The fourth-order valence-corrected chi connectivity index (χ4v) is 0.926. The van der Waals surface area contributed by atoms with Crippen LogP contribution in [0, 0.1) is 5.92 Å². The van der Waals surface area contributed by atoms with Crippen LogP contribution in [0.3, 0.4) is 0 Å². The standard InChI is InChI=1S/C8H18N2O.C2H6/c1-4-7(8(9)11)6-10(3)5-2;1-2/h7H,4-6H2,1-3H3,(H2,9,11);1-2H3. The quantitative estimate of drug-likeness (QED) is 0.710. The van der Waals surface area contributed by atoms with E-state index in [1.54, 1.807) is 0 Å². The van der Waals surface area contributed by atoms with Gasteiger partial charge in [-0.05, 0) is 20.0 Å². The predicted molar refractivity (Wildman–Crippen MR) is 57.5 cm³/mol. The molecule has 0 aromatic heterocycles. The molecule has 0 aliphatic rings. The molecule has 1 amide bonds. The molecule has 3 nitrogen and oxygen atoms in total. The van der Waals surface area contributed by atoms with Crippen molar-refractivity contribution < 1.29 is 4.79 Å². The van der Waals surface area contributed by atoms with Crippen molar-refractivity contribution in [3.05, 3.63) is 0 Å². The van der Waals surface area contributed by atoms with Gasteiger partial charge < -0.3 is 10.6 Å². The highest BCUT2D eigenvalue weighted by Gasteiger charge is 2.13. The van der Waals surface area contributed by atoms with E-state index in [-0.39, 0.29) is 11.8 Å². The van der Waals surface area contributed by atoms with Crippen LogP contribution < -0.4 is 5.73 Å². The second-order valence-corrected chi connectivity index (χ2v) is 2.86. The van der Waals surface area contributed by atoms with Crippen LogP contribution in [-0.4, -0.2) is 30.9 Å². The molecule has 1 unspecified atom stereocenters. The van der Waals surface area contributed by atoms with Gasteiger partial charge in [0.05, 0.1) is 5.92 Å². The van der Waals surface area contributed by atoms with Crippen molar-refractivity contribution in [2.24, 2.45) is 11.7 Å². The minimum absolute atomic E-state index is 0.0138. The molecular formula is C10H24N2O. The molecule has 0 saturated carbocycles. The van der Waals surface area contributed by atoms with Crippen molar-refractivity contribution in [2.45, 2.75) is 34.1 Å². The molecule has 0 spiro atoms. The molecule has 0 aliphatic carbocycles. The smallest absolute Gasteiger partial charge is 0.221 e. The topological polar surface area (TPSA) is 46.3 Å². The van der Waals surface area contributed by atoms with Crippen LogP contribution in [-0.2, 0) is 4.79 Å². The number of hydrogen-bond donors (Lipinski definition) is 1. The highest BCUT2D eigenvalue weighted by atomic mass is 16.1. The first-order valence-electron chi connectivity index (χ1n) is 5.09. The van der Waals surface area contributed by atoms with Crippen LogP contribution in [0.2, 0.25) is 0 Å². The maximum atomic E-state index is 10.8. The lowest BCUT2D eigenvalue weighted by Gasteiger charge is -2.18. The fraction of sp³-hybridized carbons (Fsp3) is 0.900. The minimum atomic E-state index is -0.187. The Hall–Kier alpha value is -0.570. The van der Waals surface area contributed by atoms with Crippen molar-refractivity contribution in [2.75, 3.05) is 20.1 Å². The van der Waals surface area contributed by atoms with E-state index in [0.29, 0.717) is 0 Å². The zero-order valence-corrected chi connectivity index (χ0v) is 9.63. The second kappa shape index (κ2) is 9.52. The predicted octanol–water partition coefficient (Wildman–Crippen LogP) is 1.48. The average molecular weight is 188 g/mol. The molecule has 0 heterocycles. The number of nitrogens with zero attached hydrogens (tertiary/aromatic N) is 1. The van der Waals surface area contributed by atoms with Crippen LogP contribution in [0.5, 0.6) is 0 Å². The Morgan fingerprint density at radius 3 is 2.08 bits per heavy atom. The van der Waals surface area contributed by atoms with Crippen LogP contribution in [0.25, 0.3) is 0 Å². The lowest BCUT2D eigenvalue weighted by molar-refractivity contribution is -0.122. The van der Waals surface area contributed by atoms with Crippen molar-refractivity contribution in [1.29, 1.82) is 0 Å². The highest BCUT2D eigenvalue weighted by molar-refractivity contribution is 5.76. The maximum absolute atomic E-state index is 10.8. The van der Waals surface area contributed by atoms with Crippen LogP contribution >= 0.6 is 0 Å². The first kappa shape index (κ1) is 14.9. The Morgan fingerprint density at radius 2 is 1.85 bits per heavy atom. The van der Waals surface area contributed by atoms with Crippen LogP contribution in [0.1, 0.15) is 34.1 Å². The van der Waals surface area contributed by atoms with Crippen molar-refractivity contribution in [3.63, 3.8) is 0 Å². The van der Waals surface area contributed by atoms with Gasteiger partial charge >= 0.3 is 0 Å². The number of carbonyl (C=O) groups is 1. The molecule has 80 valence electrons. The number of primary amides is 1. The third-order valence-corrected chi connectivity index (χ3v) is 1.97. The van der Waals surface area contributed by atoms with Crippen LogP contribution in [0.15, 0.2) is 0 Å². The zero-order chi connectivity index (χ0) is 10.9. The molecule has 13 heavy (non-hydrogen) atoms. The Kier molecular flexibility index (Phi) is 10.9. The summed E-state index contributed by atoms with van der Waals surface area (Å²) < 4.78 is 0. The molecule has 0 bridgehead atoms. The van der Waals surface area contributed by atoms with E-state index < -0.39 is 0 Å². The SMILES string of the molecule is CC.CCC(CN(C)CC)C(N)=O. The lowest BCUT2D eigenvalue weighted by atomic mass is 10.1. The minimum Gasteiger partial charge on any atom is -0.369 e. The molecule has 0 saturated heterocycles. The monoisotopic (exact) mass is 188 g/mol. The summed E-state index contributed by atoms with van der Waals surface area (Å²) in [6, 6.07) is 0. The van der Waals surface area contributed by atoms with E-state index in [9.17, 15) is 4.79 Å². The normalized spacial score (nSPS) is 11.8. The molecule has 0 fully saturated rings. The number of hydrogen-bond acceptors (Lipinski definition) is 2. The van der Waals surface area contributed by atoms with E-state index in [1.165, 1.54) is 0 Å². The van der Waals surface area contributed by atoms with Crippen molar-refractivity contribution in [1.82, 2.24) is 4.90 Å². The number of nitrogens with two attached hydrogens (primary N) is 1. The van der Waals surface area contributed by atoms with E-state index >= 15 is 0 Å². The van der Waals surface area contributed by atoms with Gasteiger partial charge in [-0.15, -0.1) is 0 Å². The molecular weight excluding hydrogens is 164 g/mol. The first-order chi connectivity index (χ1) is 6.11. The third kappa shape index (κ3) is 7.78. The Morgan fingerprint density at radius 1 is 1.38 bits per heavy atom. The summed E-state index contributed by atoms with van der Waals surface area (Å²) in [6.07, 6.45) is 0.833. The van der Waals surface area contributed by atoms with Gasteiger partial charge in [0.2, 0.25) is 5.91 Å². The third-order valence-electron chi connectivity index (χ3n) is 1.97. The van der Waals surface area contributed by atoms with Gasteiger partial charge in [-0.1, -0.05) is 27.7 Å². The second-order valence-electron chi connectivity index (χ2n) is 2.86. The number of carbonyl (C=O) groups excluding carboxylic acids is 1. The van der Waals surface area contributed by atoms with E-state index in [2.05, 4.69) is 11.8 Å². The van der Waals surface area contributed by atoms with E-state index in [1.807, 2.05) is 27.8 Å². The van der Waals surface area contributed by atoms with Gasteiger partial charge in [-0.25, -0.2) is 0 Å². The van der Waals surface area contributed by atoms with Gasteiger partial charge in [0.1, 0.15) is 0 Å². The largest absolute Gasteiger partial charge is 0.369 e. The molecule has 0 aliphatic heterocycles. The summed E-state index contributed by atoms with van der Waals surface area (Å²) in [7, 11) is 1.99. The first-order valence-corrected chi connectivity index (χ1v) is 5.09. The highest BCUT2D eigenvalue weighted by Crippen LogP contribution is 2.02. The summed E-state index contributed by atoms with van der Waals surface area (Å²) in [5, 5.41) is 0. The Bertz CT molecular complexity index is 126. The summed E-state index contributed by atoms with van der Waals surface area (Å²) in [4.78, 5) is 12.9. The Balaban J connectivity index is 0. The molecule has 0 aromatic carbocycles. The Labute approximate surface area is 82.3 Å². The molecule has 2 N–H and O–H groups in total. The fourth-order valence-electron chi connectivity index (χ4n) is 0.926. The molecule has 3 heteroatoms. The lowest BCUT2D eigenvalue weighted by Crippen LogP contribution is -2.33. The number of amides is 1. The van der Waals surface area contributed by atoms with Crippen LogP contribution in [0.4, 0.5) is 0 Å².